The Balaban J connectivity index is 1.86. The molecule has 3 N–H and O–H groups in total. The highest BCUT2D eigenvalue weighted by Gasteiger charge is 2.12. The summed E-state index contributed by atoms with van der Waals surface area (Å²) < 4.78 is 0.951. The molecule has 0 saturated heterocycles. The molecular weight excluding hydrogens is 394 g/mol. The van der Waals surface area contributed by atoms with E-state index in [1.807, 2.05) is 64.1 Å². The van der Waals surface area contributed by atoms with Crippen molar-refractivity contribution in [2.45, 2.75) is 33.7 Å². The molecule has 2 aromatic carbocycles. The van der Waals surface area contributed by atoms with Crippen LogP contribution in [0.15, 0.2) is 40.9 Å². The summed E-state index contributed by atoms with van der Waals surface area (Å²) in [5.41, 5.74) is 4.93. The van der Waals surface area contributed by atoms with Gasteiger partial charge in [0, 0.05) is 10.2 Å². The second-order valence-corrected chi connectivity index (χ2v) is 7.34. The van der Waals surface area contributed by atoms with Gasteiger partial charge in [0.05, 0.1) is 12.6 Å². The topological polar surface area (TPSA) is 70.2 Å². The van der Waals surface area contributed by atoms with Crippen molar-refractivity contribution in [1.29, 1.82) is 0 Å². The van der Waals surface area contributed by atoms with Crippen molar-refractivity contribution < 1.29 is 9.59 Å². The average molecular weight is 418 g/mol. The Morgan fingerprint density at radius 3 is 2.35 bits per heavy atom. The van der Waals surface area contributed by atoms with Crippen LogP contribution in [0.2, 0.25) is 0 Å². The molecule has 6 heteroatoms. The summed E-state index contributed by atoms with van der Waals surface area (Å²) in [4.78, 5) is 24.2. The zero-order valence-electron chi connectivity index (χ0n) is 15.4. The van der Waals surface area contributed by atoms with Crippen LogP contribution in [0.3, 0.4) is 0 Å². The first-order chi connectivity index (χ1) is 12.3. The Hall–Kier alpha value is -2.34. The fraction of sp³-hybridized carbons (Fsp3) is 0.300. The van der Waals surface area contributed by atoms with Crippen molar-refractivity contribution in [3.8, 4) is 0 Å². The van der Waals surface area contributed by atoms with E-state index in [-0.39, 0.29) is 24.5 Å². The number of urea groups is 1. The van der Waals surface area contributed by atoms with E-state index in [9.17, 15) is 9.59 Å². The molecule has 1 atom stereocenters. The molecule has 26 heavy (non-hydrogen) atoms. The number of amides is 3. The van der Waals surface area contributed by atoms with Gasteiger partial charge in [0.15, 0.2) is 0 Å². The maximum atomic E-state index is 12.1. The number of carbonyl (C=O) groups excluding carboxylic acids is 2. The lowest BCUT2D eigenvalue weighted by Gasteiger charge is -2.16. The Kier molecular flexibility index (Phi) is 6.80. The number of hydrogen-bond acceptors (Lipinski definition) is 2. The van der Waals surface area contributed by atoms with Gasteiger partial charge in [-0.15, -0.1) is 0 Å². The van der Waals surface area contributed by atoms with E-state index in [0.29, 0.717) is 0 Å². The first kappa shape index (κ1) is 20.0. The number of hydrogen-bond donors (Lipinski definition) is 3. The van der Waals surface area contributed by atoms with Crippen molar-refractivity contribution in [3.05, 3.63) is 63.1 Å². The molecule has 2 aromatic rings. The molecule has 0 saturated carbocycles. The summed E-state index contributed by atoms with van der Waals surface area (Å²) >= 11 is 3.41. The predicted octanol–water partition coefficient (Wildman–Crippen LogP) is 4.37. The lowest BCUT2D eigenvalue weighted by molar-refractivity contribution is -0.115. The molecule has 0 radical (unpaired) electrons. The number of anilines is 1. The molecule has 3 amide bonds. The van der Waals surface area contributed by atoms with Crippen molar-refractivity contribution in [3.63, 3.8) is 0 Å². The summed E-state index contributed by atoms with van der Waals surface area (Å²) in [5.74, 6) is -0.259. The third-order valence-corrected chi connectivity index (χ3v) is 4.54. The summed E-state index contributed by atoms with van der Waals surface area (Å²) in [6.07, 6.45) is 0. The van der Waals surface area contributed by atoms with E-state index in [0.717, 1.165) is 32.4 Å². The number of carbonyl (C=O) groups is 2. The van der Waals surface area contributed by atoms with Crippen LogP contribution in [-0.2, 0) is 4.79 Å². The normalized spacial score (nSPS) is 11.6. The Labute approximate surface area is 162 Å². The lowest BCUT2D eigenvalue weighted by Crippen LogP contribution is -2.41. The Morgan fingerprint density at radius 2 is 1.73 bits per heavy atom. The van der Waals surface area contributed by atoms with Gasteiger partial charge in [-0.1, -0.05) is 45.8 Å². The number of halogens is 1. The number of benzene rings is 2. The van der Waals surface area contributed by atoms with Crippen LogP contribution in [0.5, 0.6) is 0 Å². The fourth-order valence-electron chi connectivity index (χ4n) is 2.83. The van der Waals surface area contributed by atoms with Crippen LogP contribution in [0.1, 0.15) is 35.2 Å². The molecule has 0 aliphatic rings. The Bertz CT molecular complexity index is 797. The van der Waals surface area contributed by atoms with Gasteiger partial charge >= 0.3 is 6.03 Å². The third kappa shape index (κ3) is 5.59. The van der Waals surface area contributed by atoms with Gasteiger partial charge in [0.1, 0.15) is 0 Å². The monoisotopic (exact) mass is 417 g/mol. The van der Waals surface area contributed by atoms with Crippen LogP contribution in [-0.4, -0.2) is 18.5 Å². The molecule has 0 aromatic heterocycles. The van der Waals surface area contributed by atoms with Gasteiger partial charge in [0.25, 0.3) is 0 Å². The third-order valence-electron chi connectivity index (χ3n) is 4.05. The van der Waals surface area contributed by atoms with Gasteiger partial charge in [-0.05, 0) is 56.5 Å². The summed E-state index contributed by atoms with van der Waals surface area (Å²) in [6, 6.07) is 11.2. The second kappa shape index (κ2) is 8.85. The minimum Gasteiger partial charge on any atom is -0.332 e. The molecule has 2 rings (SSSR count). The van der Waals surface area contributed by atoms with Crippen LogP contribution in [0.25, 0.3) is 0 Å². The molecule has 0 bridgehead atoms. The van der Waals surface area contributed by atoms with Crippen LogP contribution in [0.4, 0.5) is 10.5 Å². The number of aryl methyl sites for hydroxylation is 3. The zero-order valence-corrected chi connectivity index (χ0v) is 17.0. The SMILES string of the molecule is Cc1cc(C)c(NC(=O)CNC(=O)NC(C)c2cccc(Br)c2)c(C)c1. The molecule has 1 unspecified atom stereocenters. The molecule has 0 spiro atoms. The Morgan fingerprint density at radius 1 is 1.08 bits per heavy atom. The summed E-state index contributed by atoms with van der Waals surface area (Å²) in [7, 11) is 0. The maximum Gasteiger partial charge on any atom is 0.315 e. The lowest BCUT2D eigenvalue weighted by atomic mass is 10.1. The predicted molar refractivity (Wildman–Crippen MR) is 108 cm³/mol. The fourth-order valence-corrected chi connectivity index (χ4v) is 3.25. The highest BCUT2D eigenvalue weighted by molar-refractivity contribution is 9.10. The van der Waals surface area contributed by atoms with Crippen LogP contribution in [0, 0.1) is 20.8 Å². The molecular formula is C20H24BrN3O2. The highest BCUT2D eigenvalue weighted by atomic mass is 79.9. The molecule has 0 aliphatic heterocycles. The van der Waals surface area contributed by atoms with E-state index >= 15 is 0 Å². The number of rotatable bonds is 5. The van der Waals surface area contributed by atoms with Crippen molar-refractivity contribution in [2.24, 2.45) is 0 Å². The molecule has 0 fully saturated rings. The largest absolute Gasteiger partial charge is 0.332 e. The molecule has 0 heterocycles. The van der Waals surface area contributed by atoms with E-state index in [4.69, 9.17) is 0 Å². The van der Waals surface area contributed by atoms with Crippen molar-refractivity contribution >= 4 is 33.6 Å². The van der Waals surface area contributed by atoms with E-state index in [1.54, 1.807) is 0 Å². The van der Waals surface area contributed by atoms with Gasteiger partial charge in [-0.3, -0.25) is 4.79 Å². The first-order valence-electron chi connectivity index (χ1n) is 8.44. The van der Waals surface area contributed by atoms with Gasteiger partial charge in [0.2, 0.25) is 5.91 Å². The van der Waals surface area contributed by atoms with E-state index in [2.05, 4.69) is 31.9 Å². The number of nitrogens with one attached hydrogen (secondary N) is 3. The van der Waals surface area contributed by atoms with Crippen LogP contribution < -0.4 is 16.0 Å². The van der Waals surface area contributed by atoms with E-state index in [1.165, 1.54) is 0 Å². The zero-order chi connectivity index (χ0) is 19.3. The van der Waals surface area contributed by atoms with Crippen LogP contribution >= 0.6 is 15.9 Å². The summed E-state index contributed by atoms with van der Waals surface area (Å²) in [5, 5.41) is 8.28. The minimum absolute atomic E-state index is 0.0935. The van der Waals surface area contributed by atoms with Crippen molar-refractivity contribution in [2.75, 3.05) is 11.9 Å². The maximum absolute atomic E-state index is 12.1. The van der Waals surface area contributed by atoms with Gasteiger partial charge < -0.3 is 16.0 Å². The minimum atomic E-state index is -0.384. The molecule has 0 aliphatic carbocycles. The van der Waals surface area contributed by atoms with E-state index < -0.39 is 0 Å². The van der Waals surface area contributed by atoms with Crippen molar-refractivity contribution in [1.82, 2.24) is 10.6 Å². The van der Waals surface area contributed by atoms with Gasteiger partial charge in [-0.2, -0.15) is 0 Å². The van der Waals surface area contributed by atoms with Gasteiger partial charge in [-0.25, -0.2) is 4.79 Å². The summed E-state index contributed by atoms with van der Waals surface area (Å²) in [6.45, 7) is 7.72. The molecule has 5 nitrogen and oxygen atoms in total. The standard InChI is InChI=1S/C20H24BrN3O2/c1-12-8-13(2)19(14(3)9-12)24-18(25)11-22-20(26)23-15(4)16-6-5-7-17(21)10-16/h5-10,15H,11H2,1-4H3,(H,24,25)(H2,22,23,26). The quantitative estimate of drug-likeness (QED) is 0.675. The first-order valence-corrected chi connectivity index (χ1v) is 9.23. The second-order valence-electron chi connectivity index (χ2n) is 6.43. The molecule has 138 valence electrons. The average Bonchev–Trinajstić information content (AvgIpc) is 2.56. The smallest absolute Gasteiger partial charge is 0.315 e. The highest BCUT2D eigenvalue weighted by Crippen LogP contribution is 2.21.